The van der Waals surface area contributed by atoms with Crippen molar-refractivity contribution < 1.29 is 19.6 Å². The van der Waals surface area contributed by atoms with Gasteiger partial charge in [0.15, 0.2) is 5.75 Å². The van der Waals surface area contributed by atoms with Crippen LogP contribution in [0.2, 0.25) is 0 Å². The molecule has 15 heavy (non-hydrogen) atoms. The third-order valence-electron chi connectivity index (χ3n) is 1.43. The maximum absolute atomic E-state index is 11.1. The fourth-order valence-electron chi connectivity index (χ4n) is 0.905. The maximum atomic E-state index is 11.1. The van der Waals surface area contributed by atoms with Crippen molar-refractivity contribution in [1.82, 2.24) is 5.59 Å². The van der Waals surface area contributed by atoms with Gasteiger partial charge in [0.05, 0.1) is 5.56 Å². The Labute approximate surface area is 83.6 Å². The van der Waals surface area contributed by atoms with Crippen LogP contribution in [0.15, 0.2) is 24.3 Å². The summed E-state index contributed by atoms with van der Waals surface area (Å²) in [7, 11) is 0. The highest BCUT2D eigenvalue weighted by Crippen LogP contribution is 2.17. The van der Waals surface area contributed by atoms with Crippen molar-refractivity contribution in [3.63, 3.8) is 0 Å². The highest BCUT2D eigenvalue weighted by atomic mass is 17.0. The van der Waals surface area contributed by atoms with Gasteiger partial charge in [0, 0.05) is 0 Å². The Morgan fingerprint density at radius 3 is 2.73 bits per heavy atom. The molecule has 0 aliphatic carbocycles. The number of rotatable bonds is 4. The van der Waals surface area contributed by atoms with Gasteiger partial charge in [-0.05, 0) is 12.1 Å². The van der Waals surface area contributed by atoms with Gasteiger partial charge < -0.3 is 4.84 Å². The summed E-state index contributed by atoms with van der Waals surface area (Å²) in [4.78, 5) is 29.5. The SMILES string of the molecule is NNOc1ccccc1C(=O)O[N+](=O)[O-]. The summed E-state index contributed by atoms with van der Waals surface area (Å²) in [6.45, 7) is 0. The number of benzene rings is 1. The molecule has 0 bridgehead atoms. The third kappa shape index (κ3) is 2.90. The Hall–Kier alpha value is -2.19. The summed E-state index contributed by atoms with van der Waals surface area (Å²) >= 11 is 0. The minimum Gasteiger partial charge on any atom is -0.393 e. The number of para-hydroxylation sites is 1. The van der Waals surface area contributed by atoms with Crippen LogP contribution in [-0.2, 0) is 4.84 Å². The number of carbonyl (C=O) groups excluding carboxylic acids is 1. The van der Waals surface area contributed by atoms with Gasteiger partial charge in [-0.3, -0.25) is 4.79 Å². The van der Waals surface area contributed by atoms with Crippen LogP contribution in [0.3, 0.4) is 0 Å². The van der Waals surface area contributed by atoms with E-state index in [1.807, 2.05) is 5.59 Å². The van der Waals surface area contributed by atoms with Gasteiger partial charge in [-0.25, -0.2) is 10.7 Å². The summed E-state index contributed by atoms with van der Waals surface area (Å²) in [6, 6.07) is 5.77. The summed E-state index contributed by atoms with van der Waals surface area (Å²) in [5.41, 5.74) is 1.75. The lowest BCUT2D eigenvalue weighted by molar-refractivity contribution is -0.727. The van der Waals surface area contributed by atoms with E-state index in [9.17, 15) is 14.9 Å². The van der Waals surface area contributed by atoms with Crippen LogP contribution in [0, 0.1) is 10.1 Å². The van der Waals surface area contributed by atoms with E-state index in [4.69, 9.17) is 5.84 Å². The number of nitrogens with two attached hydrogens (primary N) is 1. The Balaban J connectivity index is 2.91. The van der Waals surface area contributed by atoms with Crippen LogP contribution >= 0.6 is 0 Å². The predicted octanol–water partition coefficient (Wildman–Crippen LogP) is -0.208. The third-order valence-corrected chi connectivity index (χ3v) is 1.43. The van der Waals surface area contributed by atoms with Crippen molar-refractivity contribution in [3.8, 4) is 5.75 Å². The number of carbonyl (C=O) groups is 1. The van der Waals surface area contributed by atoms with E-state index in [0.29, 0.717) is 0 Å². The highest BCUT2D eigenvalue weighted by molar-refractivity contribution is 5.91. The second kappa shape index (κ2) is 4.88. The van der Waals surface area contributed by atoms with E-state index in [0.717, 1.165) is 0 Å². The monoisotopic (exact) mass is 213 g/mol. The molecular formula is C7H7N3O5. The number of hydrogen-bond donors (Lipinski definition) is 2. The second-order valence-corrected chi connectivity index (χ2v) is 2.32. The number of nitrogens with one attached hydrogen (secondary N) is 1. The topological polar surface area (TPSA) is 117 Å². The first-order chi connectivity index (χ1) is 7.15. The zero-order valence-electron chi connectivity index (χ0n) is 7.38. The highest BCUT2D eigenvalue weighted by Gasteiger charge is 2.15. The molecule has 1 aromatic carbocycles. The summed E-state index contributed by atoms with van der Waals surface area (Å²) in [5.74, 6) is 3.77. The molecule has 1 aromatic rings. The molecule has 0 amide bonds. The van der Waals surface area contributed by atoms with Crippen molar-refractivity contribution >= 4 is 5.97 Å². The fraction of sp³-hybridized carbons (Fsp3) is 0. The lowest BCUT2D eigenvalue weighted by Gasteiger charge is -2.06. The molecule has 0 aliphatic rings. The molecule has 0 fully saturated rings. The van der Waals surface area contributed by atoms with E-state index in [1.54, 1.807) is 6.07 Å². The molecule has 0 spiro atoms. The van der Waals surface area contributed by atoms with E-state index < -0.39 is 11.1 Å². The molecule has 0 radical (unpaired) electrons. The first-order valence-electron chi connectivity index (χ1n) is 3.73. The zero-order valence-corrected chi connectivity index (χ0v) is 7.38. The molecule has 0 saturated heterocycles. The molecule has 1 rings (SSSR count). The van der Waals surface area contributed by atoms with Crippen LogP contribution < -0.4 is 16.3 Å². The summed E-state index contributed by atoms with van der Waals surface area (Å²) in [6.07, 6.45) is 0. The zero-order chi connectivity index (χ0) is 11.3. The smallest absolute Gasteiger partial charge is 0.338 e. The Morgan fingerprint density at radius 2 is 2.13 bits per heavy atom. The van der Waals surface area contributed by atoms with Crippen molar-refractivity contribution in [2.75, 3.05) is 0 Å². The minimum atomic E-state index is -1.20. The normalized spacial score (nSPS) is 9.40. The maximum Gasteiger partial charge on any atom is 0.338 e. The number of nitrogens with zero attached hydrogens (tertiary/aromatic N) is 1. The fourth-order valence-corrected chi connectivity index (χ4v) is 0.905. The molecule has 8 heteroatoms. The molecule has 0 unspecified atom stereocenters. The van der Waals surface area contributed by atoms with E-state index in [2.05, 4.69) is 9.68 Å². The predicted molar refractivity (Wildman–Crippen MR) is 46.8 cm³/mol. The van der Waals surface area contributed by atoms with Gasteiger partial charge >= 0.3 is 11.1 Å². The Morgan fingerprint density at radius 1 is 1.47 bits per heavy atom. The van der Waals surface area contributed by atoms with Crippen LogP contribution in [0.5, 0.6) is 5.75 Å². The van der Waals surface area contributed by atoms with Crippen LogP contribution in [-0.4, -0.2) is 11.1 Å². The molecule has 3 N–H and O–H groups in total. The van der Waals surface area contributed by atoms with Gasteiger partial charge in [-0.2, -0.15) is 0 Å². The largest absolute Gasteiger partial charge is 0.393 e. The molecule has 0 saturated carbocycles. The van der Waals surface area contributed by atoms with Crippen molar-refractivity contribution in [2.45, 2.75) is 0 Å². The van der Waals surface area contributed by atoms with Crippen molar-refractivity contribution in [3.05, 3.63) is 39.9 Å². The molecule has 0 aliphatic heterocycles. The van der Waals surface area contributed by atoms with Gasteiger partial charge in [-0.15, -0.1) is 10.1 Å². The van der Waals surface area contributed by atoms with E-state index >= 15 is 0 Å². The first kappa shape index (κ1) is 10.9. The standard InChI is InChI=1S/C7H7N3O5/c8-9-14-6-4-2-1-3-5(6)7(11)15-10(12)13/h1-4,9H,8H2. The van der Waals surface area contributed by atoms with Crippen molar-refractivity contribution in [2.24, 2.45) is 5.84 Å². The Kier molecular flexibility index (Phi) is 3.55. The summed E-state index contributed by atoms with van der Waals surface area (Å²) in [5, 5.41) is 8.73. The number of hydrazine groups is 1. The van der Waals surface area contributed by atoms with Crippen LogP contribution in [0.4, 0.5) is 0 Å². The lowest BCUT2D eigenvalue weighted by atomic mass is 10.2. The average molecular weight is 213 g/mol. The van der Waals surface area contributed by atoms with Crippen molar-refractivity contribution in [1.29, 1.82) is 0 Å². The van der Waals surface area contributed by atoms with Crippen LogP contribution in [0.1, 0.15) is 10.4 Å². The number of hydrogen-bond acceptors (Lipinski definition) is 7. The quantitative estimate of drug-likeness (QED) is 0.403. The summed E-state index contributed by atoms with van der Waals surface area (Å²) < 4.78 is 0. The van der Waals surface area contributed by atoms with Gasteiger partial charge in [-0.1, -0.05) is 17.7 Å². The van der Waals surface area contributed by atoms with Gasteiger partial charge in [0.25, 0.3) is 0 Å². The minimum absolute atomic E-state index is 0.0341. The van der Waals surface area contributed by atoms with Gasteiger partial charge in [0.2, 0.25) is 0 Å². The van der Waals surface area contributed by atoms with E-state index in [1.165, 1.54) is 18.2 Å². The van der Waals surface area contributed by atoms with Gasteiger partial charge in [0.1, 0.15) is 0 Å². The second-order valence-electron chi connectivity index (χ2n) is 2.32. The molecular weight excluding hydrogens is 206 g/mol. The molecule has 0 heterocycles. The molecule has 0 aromatic heterocycles. The molecule has 80 valence electrons. The molecule has 0 atom stereocenters. The first-order valence-corrected chi connectivity index (χ1v) is 3.73. The average Bonchev–Trinajstić information content (AvgIpc) is 2.18. The van der Waals surface area contributed by atoms with Crippen LogP contribution in [0.25, 0.3) is 0 Å². The lowest BCUT2D eigenvalue weighted by Crippen LogP contribution is -2.27. The molecule has 8 nitrogen and oxygen atoms in total. The Bertz CT molecular complexity index is 381. The van der Waals surface area contributed by atoms with E-state index in [-0.39, 0.29) is 11.3 Å².